The van der Waals surface area contributed by atoms with Crippen LogP contribution in [0.15, 0.2) is 6.07 Å². The Balaban J connectivity index is 2.12. The smallest absolute Gasteiger partial charge is 0.264 e. The normalized spacial score (nSPS) is 14.7. The van der Waals surface area contributed by atoms with E-state index < -0.39 is 5.41 Å². The molecular formula is C18H28N2O2S. The van der Waals surface area contributed by atoms with Crippen LogP contribution in [0.3, 0.4) is 0 Å². The highest BCUT2D eigenvalue weighted by molar-refractivity contribution is 7.18. The molecule has 2 rings (SSSR count). The molecule has 1 N–H and O–H groups in total. The van der Waals surface area contributed by atoms with Crippen molar-refractivity contribution in [3.63, 3.8) is 0 Å². The molecule has 0 spiro atoms. The number of hydrogen-bond donors (Lipinski definition) is 1. The first kappa shape index (κ1) is 18.0. The minimum atomic E-state index is -0.442. The van der Waals surface area contributed by atoms with E-state index in [4.69, 9.17) is 0 Å². The van der Waals surface area contributed by atoms with Gasteiger partial charge in [0.05, 0.1) is 9.88 Å². The summed E-state index contributed by atoms with van der Waals surface area (Å²) >= 11 is 1.39. The lowest BCUT2D eigenvalue weighted by Gasteiger charge is -2.21. The van der Waals surface area contributed by atoms with Gasteiger partial charge in [0.25, 0.3) is 5.91 Å². The van der Waals surface area contributed by atoms with Gasteiger partial charge in [-0.3, -0.25) is 9.59 Å². The van der Waals surface area contributed by atoms with E-state index in [1.165, 1.54) is 24.2 Å². The van der Waals surface area contributed by atoms with Crippen molar-refractivity contribution in [2.75, 3.05) is 18.4 Å². The average Bonchev–Trinajstić information content (AvgIpc) is 3.19. The van der Waals surface area contributed by atoms with E-state index in [9.17, 15) is 9.59 Å². The second-order valence-corrected chi connectivity index (χ2v) is 8.57. The number of carbonyl (C=O) groups is 2. The second kappa shape index (κ2) is 7.04. The number of nitrogens with one attached hydrogen (secondary N) is 1. The molecule has 2 amide bonds. The molecule has 1 aromatic rings. The van der Waals surface area contributed by atoms with Gasteiger partial charge in [-0.15, -0.1) is 11.3 Å². The standard InChI is InChI=1S/C18H28N2O2S/c1-6-9-20(11-13-7-8-13)16(21)15-12(2)10-14(23-15)19-17(22)18(3,4)5/h10,13H,6-9,11H2,1-5H3,(H,19,22). The van der Waals surface area contributed by atoms with Crippen molar-refractivity contribution in [2.24, 2.45) is 11.3 Å². The highest BCUT2D eigenvalue weighted by atomic mass is 32.1. The molecule has 0 atom stereocenters. The number of aryl methyl sites for hydroxylation is 1. The molecular weight excluding hydrogens is 308 g/mol. The van der Waals surface area contributed by atoms with Crippen molar-refractivity contribution in [3.05, 3.63) is 16.5 Å². The first-order valence-electron chi connectivity index (χ1n) is 8.43. The Morgan fingerprint density at radius 2 is 2.00 bits per heavy atom. The molecule has 23 heavy (non-hydrogen) atoms. The van der Waals surface area contributed by atoms with Gasteiger partial charge in [-0.25, -0.2) is 0 Å². The summed E-state index contributed by atoms with van der Waals surface area (Å²) in [4.78, 5) is 27.7. The summed E-state index contributed by atoms with van der Waals surface area (Å²) in [5.41, 5.74) is 0.503. The zero-order chi connectivity index (χ0) is 17.2. The molecule has 1 fully saturated rings. The van der Waals surface area contributed by atoms with Crippen molar-refractivity contribution in [1.82, 2.24) is 4.90 Å². The van der Waals surface area contributed by atoms with Crippen LogP contribution in [0, 0.1) is 18.3 Å². The monoisotopic (exact) mass is 336 g/mol. The Morgan fingerprint density at radius 3 is 2.52 bits per heavy atom. The van der Waals surface area contributed by atoms with Crippen molar-refractivity contribution >= 4 is 28.2 Å². The minimum Gasteiger partial charge on any atom is -0.338 e. The lowest BCUT2D eigenvalue weighted by Crippen LogP contribution is -2.33. The van der Waals surface area contributed by atoms with Gasteiger partial charge in [0.15, 0.2) is 0 Å². The Kier molecular flexibility index (Phi) is 5.50. The molecule has 128 valence electrons. The third kappa shape index (κ3) is 4.80. The number of thiophene rings is 1. The summed E-state index contributed by atoms with van der Waals surface area (Å²) in [5.74, 6) is 0.768. The number of carbonyl (C=O) groups excluding carboxylic acids is 2. The van der Waals surface area contributed by atoms with Gasteiger partial charge in [-0.2, -0.15) is 0 Å². The molecule has 5 heteroatoms. The fourth-order valence-electron chi connectivity index (χ4n) is 2.36. The highest BCUT2D eigenvalue weighted by Gasteiger charge is 2.29. The van der Waals surface area contributed by atoms with E-state index in [-0.39, 0.29) is 11.8 Å². The van der Waals surface area contributed by atoms with Crippen LogP contribution in [-0.4, -0.2) is 29.8 Å². The number of hydrogen-bond acceptors (Lipinski definition) is 3. The second-order valence-electron chi connectivity index (χ2n) is 7.52. The number of anilines is 1. The molecule has 1 aliphatic carbocycles. The lowest BCUT2D eigenvalue weighted by molar-refractivity contribution is -0.123. The van der Waals surface area contributed by atoms with Gasteiger partial charge in [-0.1, -0.05) is 27.7 Å². The summed E-state index contributed by atoms with van der Waals surface area (Å²) in [6.07, 6.45) is 3.45. The van der Waals surface area contributed by atoms with Crippen LogP contribution in [0.2, 0.25) is 0 Å². The highest BCUT2D eigenvalue weighted by Crippen LogP contribution is 2.33. The van der Waals surface area contributed by atoms with Crippen molar-refractivity contribution < 1.29 is 9.59 Å². The van der Waals surface area contributed by atoms with Gasteiger partial charge in [0.2, 0.25) is 5.91 Å². The summed E-state index contributed by atoms with van der Waals surface area (Å²) in [6.45, 7) is 11.4. The Bertz CT molecular complexity index is 582. The third-order valence-electron chi connectivity index (χ3n) is 3.99. The average molecular weight is 337 g/mol. The van der Waals surface area contributed by atoms with Crippen molar-refractivity contribution in [3.8, 4) is 0 Å². The van der Waals surface area contributed by atoms with Crippen LogP contribution in [0.25, 0.3) is 0 Å². The van der Waals surface area contributed by atoms with Crippen molar-refractivity contribution in [2.45, 2.75) is 53.9 Å². The zero-order valence-electron chi connectivity index (χ0n) is 14.9. The Labute approximate surface area is 143 Å². The van der Waals surface area contributed by atoms with Crippen LogP contribution >= 0.6 is 11.3 Å². The summed E-state index contributed by atoms with van der Waals surface area (Å²) < 4.78 is 0. The minimum absolute atomic E-state index is 0.0267. The van der Waals surface area contributed by atoms with Crippen LogP contribution in [0.5, 0.6) is 0 Å². The number of amides is 2. The molecule has 0 saturated heterocycles. The molecule has 0 radical (unpaired) electrons. The molecule has 1 heterocycles. The van der Waals surface area contributed by atoms with Crippen molar-refractivity contribution in [1.29, 1.82) is 0 Å². The van der Waals surface area contributed by atoms with Gasteiger partial charge in [0.1, 0.15) is 0 Å². The molecule has 0 unspecified atom stereocenters. The number of nitrogens with zero attached hydrogens (tertiary/aromatic N) is 1. The lowest BCUT2D eigenvalue weighted by atomic mass is 9.96. The number of rotatable bonds is 6. The zero-order valence-corrected chi connectivity index (χ0v) is 15.7. The molecule has 0 bridgehead atoms. The quantitative estimate of drug-likeness (QED) is 0.842. The van der Waals surface area contributed by atoms with Gasteiger partial charge >= 0.3 is 0 Å². The topological polar surface area (TPSA) is 49.4 Å². The molecule has 1 aromatic heterocycles. The third-order valence-corrected chi connectivity index (χ3v) is 5.13. The predicted octanol–water partition coefficient (Wildman–Crippen LogP) is 4.30. The van der Waals surface area contributed by atoms with E-state index in [0.717, 1.165) is 35.0 Å². The summed E-state index contributed by atoms with van der Waals surface area (Å²) in [7, 11) is 0. The van der Waals surface area contributed by atoms with Crippen LogP contribution in [-0.2, 0) is 4.79 Å². The largest absolute Gasteiger partial charge is 0.338 e. The van der Waals surface area contributed by atoms with E-state index in [1.54, 1.807) is 0 Å². The molecule has 1 saturated carbocycles. The Morgan fingerprint density at radius 1 is 1.35 bits per heavy atom. The SMILES string of the molecule is CCCN(CC1CC1)C(=O)c1sc(NC(=O)C(C)(C)C)cc1C. The van der Waals surface area contributed by atoms with Crippen LogP contribution in [0.4, 0.5) is 5.00 Å². The fraction of sp³-hybridized carbons (Fsp3) is 0.667. The van der Waals surface area contributed by atoms with E-state index in [1.807, 2.05) is 38.7 Å². The van der Waals surface area contributed by atoms with E-state index in [2.05, 4.69) is 12.2 Å². The molecule has 0 aromatic carbocycles. The fourth-order valence-corrected chi connectivity index (χ4v) is 3.39. The predicted molar refractivity (Wildman–Crippen MR) is 96.1 cm³/mol. The maximum atomic E-state index is 12.8. The van der Waals surface area contributed by atoms with Gasteiger partial charge in [-0.05, 0) is 43.7 Å². The van der Waals surface area contributed by atoms with Gasteiger partial charge in [0, 0.05) is 18.5 Å². The maximum absolute atomic E-state index is 12.8. The molecule has 1 aliphatic rings. The molecule has 4 nitrogen and oxygen atoms in total. The maximum Gasteiger partial charge on any atom is 0.264 e. The first-order chi connectivity index (χ1) is 10.7. The van der Waals surface area contributed by atoms with Crippen LogP contribution in [0.1, 0.15) is 62.2 Å². The molecule has 0 aliphatic heterocycles. The first-order valence-corrected chi connectivity index (χ1v) is 9.25. The summed E-state index contributed by atoms with van der Waals surface area (Å²) in [6, 6.07) is 1.91. The Hall–Kier alpha value is -1.36. The van der Waals surface area contributed by atoms with E-state index in [0.29, 0.717) is 5.92 Å². The van der Waals surface area contributed by atoms with E-state index >= 15 is 0 Å². The van der Waals surface area contributed by atoms with Gasteiger partial charge < -0.3 is 10.2 Å². The van der Waals surface area contributed by atoms with Crippen LogP contribution < -0.4 is 5.32 Å². The summed E-state index contributed by atoms with van der Waals surface area (Å²) in [5, 5.41) is 3.69.